The van der Waals surface area contributed by atoms with Crippen LogP contribution in [-0.2, 0) is 77.9 Å². The van der Waals surface area contributed by atoms with E-state index in [1.807, 2.05) is 0 Å². The molecule has 0 amide bonds. The van der Waals surface area contributed by atoms with Crippen LogP contribution in [0.1, 0.15) is 14.9 Å². The lowest BCUT2D eigenvalue weighted by Gasteiger charge is -2.40. The van der Waals surface area contributed by atoms with E-state index in [-0.39, 0.29) is 25.3 Å². The molecule has 41 heteroatoms. The number of rotatable bonds is 24. The van der Waals surface area contributed by atoms with E-state index in [4.69, 9.17) is 24.7 Å². The average molecular weight is 936 g/mol. The molecule has 0 radical (unpaired) electrons. The minimum Gasteiger partial charge on any atom is -0.442 e. The molecule has 0 spiro atoms. The Bertz CT molecular complexity index is 1010. The van der Waals surface area contributed by atoms with E-state index in [1.165, 1.54) is 0 Å². The summed E-state index contributed by atoms with van der Waals surface area (Å²) in [5.41, 5.74) is 0. The SMILES string of the molecule is C.C.O=[SiH][Si](O[Si](O[Si](O)(O)O)(O[Si](O[Si]([SiH]=O)([SiH]=O)[SiH]=O)([SiH]=O)[SiH]=O)[SiH]=O)(O[Si](O)([SiH]=O)[SiH]=O)O[Si](O[SiH3])([SiH]=O)[SiH]=O. The number of hydrogen-bond acceptors (Lipinski definition) is 22. The van der Waals surface area contributed by atoms with Gasteiger partial charge in [0.25, 0.3) is 26.8 Å². The van der Waals surface area contributed by atoms with E-state index in [9.17, 15) is 68.3 Å². The molecule has 43 heavy (non-hydrogen) atoms. The van der Waals surface area contributed by atoms with Crippen molar-refractivity contribution in [2.24, 2.45) is 0 Å². The molecule has 0 aliphatic carbocycles. The van der Waals surface area contributed by atoms with Crippen molar-refractivity contribution in [1.82, 2.24) is 0 Å². The van der Waals surface area contributed by atoms with Crippen molar-refractivity contribution in [2.45, 2.75) is 14.9 Å². The van der Waals surface area contributed by atoms with Gasteiger partial charge in [0.2, 0.25) is 0 Å². The zero-order valence-corrected chi connectivity index (χ0v) is 41.7. The molecule has 2 unspecified atom stereocenters. The minimum absolute atomic E-state index is 0. The van der Waals surface area contributed by atoms with Crippen LogP contribution in [0.3, 0.4) is 0 Å². The minimum atomic E-state index is -6.01. The van der Waals surface area contributed by atoms with Crippen LogP contribution in [0.15, 0.2) is 0 Å². The first-order valence-corrected chi connectivity index (χ1v) is 48.2. The first-order chi connectivity index (χ1) is 19.0. The second-order valence-electron chi connectivity index (χ2n) is 6.94. The molecule has 4 N–H and O–H groups in total. The Morgan fingerprint density at radius 2 is 0.791 bits per heavy atom. The maximum atomic E-state index is 12.6. The first-order valence-electron chi connectivity index (χ1n) is 9.72. The highest BCUT2D eigenvalue weighted by Crippen LogP contribution is 2.25. The molecule has 0 saturated heterocycles. The van der Waals surface area contributed by atoms with Crippen LogP contribution in [0.2, 0.25) is 0 Å². The van der Waals surface area contributed by atoms with Crippen molar-refractivity contribution >= 4 is 164 Å². The molecule has 0 fully saturated rings. The lowest BCUT2D eigenvalue weighted by Crippen LogP contribution is -2.76. The zero-order valence-electron chi connectivity index (χ0n) is 20.0. The summed E-state index contributed by atoms with van der Waals surface area (Å²) in [4.78, 5) is 39.5. The Morgan fingerprint density at radius 1 is 0.419 bits per heavy atom. The highest BCUT2D eigenvalue weighted by atomic mass is 29.9. The topological polar surface area (TPSA) is 333 Å². The highest BCUT2D eigenvalue weighted by Gasteiger charge is 2.68. The molecule has 0 aliphatic heterocycles. The van der Waals surface area contributed by atoms with Gasteiger partial charge in [-0.1, -0.05) is 14.9 Å². The summed E-state index contributed by atoms with van der Waals surface area (Å²) in [5.74, 6) is 0. The Morgan fingerprint density at radius 3 is 1.07 bits per heavy atom. The third-order valence-electron chi connectivity index (χ3n) is 3.96. The fraction of sp³-hybridized carbons (Fsp3) is 1.00. The van der Waals surface area contributed by atoms with Gasteiger partial charge in [-0.05, 0) is 0 Å². The normalized spacial score (nSPS) is 15.0. The van der Waals surface area contributed by atoms with Crippen molar-refractivity contribution in [3.63, 3.8) is 0 Å². The quantitative estimate of drug-likeness (QED) is 0.0653. The summed E-state index contributed by atoms with van der Waals surface area (Å²) in [7, 11) is -59.2. The summed E-state index contributed by atoms with van der Waals surface area (Å²) in [6.45, 7) is -4.24. The molecule has 0 heterocycles. The number of hydrogen-bond donors (Lipinski definition) is 4. The summed E-state index contributed by atoms with van der Waals surface area (Å²) in [6.07, 6.45) is 0. The van der Waals surface area contributed by atoms with Gasteiger partial charge in [0.1, 0.15) is 10.5 Å². The fourth-order valence-electron chi connectivity index (χ4n) is 2.20. The van der Waals surface area contributed by atoms with Crippen molar-refractivity contribution in [2.75, 3.05) is 0 Å². The molecule has 0 rings (SSSR count). The lowest BCUT2D eigenvalue weighted by molar-refractivity contribution is 0.0865. The molecule has 0 aliphatic rings. The second kappa shape index (κ2) is 20.8. The van der Waals surface area contributed by atoms with Crippen LogP contribution in [0.4, 0.5) is 0 Å². The molecule has 0 aromatic rings. The molecule has 0 aromatic heterocycles. The standard InChI is InChI=1S/2CH4.H18O22Si19/c;;1-24-36(15,25-2)18-38(27-4,20-39(16-23,28-5)29-6)19-37(26-3,17-35(12,13)14)21-40(30-7,31-8)22-41(32-9,33-10)34-11/h2*1H4;12-15,24-34H,23H3. The van der Waals surface area contributed by atoms with E-state index >= 15 is 0 Å². The van der Waals surface area contributed by atoms with Crippen LogP contribution in [0, 0.1) is 0 Å². The van der Waals surface area contributed by atoms with Gasteiger partial charge in [0, 0.05) is 0 Å². The van der Waals surface area contributed by atoms with Crippen molar-refractivity contribution in [3.8, 4) is 0 Å². The van der Waals surface area contributed by atoms with Gasteiger partial charge in [-0.2, -0.15) is 0 Å². The Kier molecular flexibility index (Phi) is 23.6. The highest BCUT2D eigenvalue weighted by molar-refractivity contribution is 7.63. The predicted molar refractivity (Wildman–Crippen MR) is 166 cm³/mol. The van der Waals surface area contributed by atoms with Crippen LogP contribution < -0.4 is 0 Å². The molecule has 242 valence electrons. The third-order valence-corrected chi connectivity index (χ3v) is 72.7. The second-order valence-corrected chi connectivity index (χ2v) is 72.5. The van der Waals surface area contributed by atoms with Crippen molar-refractivity contribution < 1.29 is 97.1 Å². The summed E-state index contributed by atoms with van der Waals surface area (Å²) in [5, 5.41) is 0. The van der Waals surface area contributed by atoms with Gasteiger partial charge < -0.3 is 97.1 Å². The van der Waals surface area contributed by atoms with Crippen LogP contribution in [-0.4, -0.2) is 183 Å². The van der Waals surface area contributed by atoms with Crippen LogP contribution in [0.25, 0.3) is 0 Å². The van der Waals surface area contributed by atoms with Crippen LogP contribution in [0.5, 0.6) is 0 Å². The Balaban J connectivity index is -0.00000800. The molecule has 0 saturated carbocycles. The van der Waals surface area contributed by atoms with E-state index < -0.39 is 154 Å². The largest absolute Gasteiger partial charge is 0.663 e. The zero-order chi connectivity index (χ0) is 32.2. The van der Waals surface area contributed by atoms with E-state index in [1.54, 1.807) is 0 Å². The average Bonchev–Trinajstić information content (AvgIpc) is 2.97. The van der Waals surface area contributed by atoms with E-state index in [0.29, 0.717) is 0 Å². The lowest BCUT2D eigenvalue weighted by atomic mass is 12.0. The van der Waals surface area contributed by atoms with E-state index in [0.717, 1.165) is 0 Å². The molecular formula is C2H26O22Si19. The summed E-state index contributed by atoms with van der Waals surface area (Å²) in [6, 6.07) is 0. The maximum absolute atomic E-state index is 12.6. The van der Waals surface area contributed by atoms with Gasteiger partial charge in [0.15, 0.2) is 0 Å². The van der Waals surface area contributed by atoms with E-state index in [2.05, 4.69) is 4.12 Å². The summed E-state index contributed by atoms with van der Waals surface area (Å²) < 4.78 is 169. The van der Waals surface area contributed by atoms with Crippen LogP contribution >= 0.6 is 0 Å². The maximum Gasteiger partial charge on any atom is 0.663 e. The molecule has 0 bridgehead atoms. The van der Waals surface area contributed by atoms with Crippen molar-refractivity contribution in [3.05, 3.63) is 0 Å². The Labute approximate surface area is 274 Å². The van der Waals surface area contributed by atoms with Gasteiger partial charge in [-0.3, -0.25) is 0 Å². The third kappa shape index (κ3) is 13.9. The molecule has 0 aromatic carbocycles. The molecule has 2 atom stereocenters. The van der Waals surface area contributed by atoms with Gasteiger partial charge in [-0.15, -0.1) is 0 Å². The van der Waals surface area contributed by atoms with Crippen molar-refractivity contribution in [1.29, 1.82) is 0 Å². The first kappa shape index (κ1) is 48.9. The van der Waals surface area contributed by atoms with Gasteiger partial charge in [-0.25, -0.2) is 0 Å². The molecular weight excluding hydrogens is 910 g/mol. The fourth-order valence-corrected chi connectivity index (χ4v) is 78.1. The smallest absolute Gasteiger partial charge is 0.442 e. The monoisotopic (exact) mass is 934 g/mol. The molecule has 22 nitrogen and oxygen atoms in total. The summed E-state index contributed by atoms with van der Waals surface area (Å²) >= 11 is 0. The Hall–Kier alpha value is 1.48. The van der Waals surface area contributed by atoms with Gasteiger partial charge in [0.05, 0.1) is 0 Å². The van der Waals surface area contributed by atoms with Gasteiger partial charge >= 0.3 is 127 Å². The predicted octanol–water partition coefficient (Wildman–Crippen LogP) is -13.7.